The highest BCUT2D eigenvalue weighted by Crippen LogP contribution is 2.17. The predicted molar refractivity (Wildman–Crippen MR) is 100 cm³/mol. The molecule has 26 heavy (non-hydrogen) atoms. The second-order valence-electron chi connectivity index (χ2n) is 5.36. The van der Waals surface area contributed by atoms with E-state index < -0.39 is 11.9 Å². The molecular formula is C20H20N2O4. The Morgan fingerprint density at radius 2 is 1.77 bits per heavy atom. The molecule has 0 saturated carbocycles. The van der Waals surface area contributed by atoms with E-state index in [-0.39, 0.29) is 12.5 Å². The van der Waals surface area contributed by atoms with Gasteiger partial charge in [0.1, 0.15) is 0 Å². The predicted octanol–water partition coefficient (Wildman–Crippen LogP) is 3.02. The van der Waals surface area contributed by atoms with Crippen LogP contribution < -0.4 is 10.2 Å². The number of hydrogen-bond donors (Lipinski definition) is 1. The quantitative estimate of drug-likeness (QED) is 0.640. The number of carbonyl (C=O) groups is 3. The number of anilines is 2. The van der Waals surface area contributed by atoms with Gasteiger partial charge >= 0.3 is 5.97 Å². The Bertz CT molecular complexity index is 816. The molecule has 6 nitrogen and oxygen atoms in total. The van der Waals surface area contributed by atoms with E-state index >= 15 is 0 Å². The normalized spacial score (nSPS) is 10.4. The van der Waals surface area contributed by atoms with Crippen LogP contribution in [0.5, 0.6) is 0 Å². The summed E-state index contributed by atoms with van der Waals surface area (Å²) in [6.07, 6.45) is 2.14. The van der Waals surface area contributed by atoms with Crippen LogP contribution in [-0.2, 0) is 14.3 Å². The molecule has 0 aromatic heterocycles. The van der Waals surface area contributed by atoms with Crippen LogP contribution in [-0.4, -0.2) is 31.4 Å². The highest BCUT2D eigenvalue weighted by Gasteiger charge is 2.13. The number of amides is 2. The van der Waals surface area contributed by atoms with E-state index in [1.54, 1.807) is 38.2 Å². The first-order valence-electron chi connectivity index (χ1n) is 8.10. The van der Waals surface area contributed by atoms with Crippen molar-refractivity contribution in [1.82, 2.24) is 0 Å². The summed E-state index contributed by atoms with van der Waals surface area (Å²) in [5.74, 6) is -1.27. The molecule has 0 radical (unpaired) electrons. The summed E-state index contributed by atoms with van der Waals surface area (Å²) in [7, 11) is 1.69. The van der Waals surface area contributed by atoms with Crippen molar-refractivity contribution in [2.45, 2.75) is 6.92 Å². The Labute approximate surface area is 152 Å². The number of para-hydroxylation sites is 1. The van der Waals surface area contributed by atoms with Gasteiger partial charge in [-0.3, -0.25) is 9.59 Å². The minimum atomic E-state index is -0.587. The summed E-state index contributed by atoms with van der Waals surface area (Å²) < 4.78 is 4.71. The highest BCUT2D eigenvalue weighted by molar-refractivity contribution is 6.07. The Hall–Kier alpha value is -3.41. The third-order valence-corrected chi connectivity index (χ3v) is 3.48. The topological polar surface area (TPSA) is 75.7 Å². The van der Waals surface area contributed by atoms with Gasteiger partial charge in [0.05, 0.1) is 6.61 Å². The van der Waals surface area contributed by atoms with Crippen LogP contribution in [0.15, 0.2) is 66.7 Å². The van der Waals surface area contributed by atoms with Gasteiger partial charge in [0.2, 0.25) is 5.91 Å². The summed E-state index contributed by atoms with van der Waals surface area (Å²) in [5, 5.41) is 2.61. The lowest BCUT2D eigenvalue weighted by Gasteiger charge is -2.17. The molecule has 0 heterocycles. The summed E-state index contributed by atoms with van der Waals surface area (Å²) >= 11 is 0. The molecule has 0 saturated heterocycles. The first-order chi connectivity index (χ1) is 12.5. The minimum absolute atomic E-state index is 0.200. The molecule has 0 spiro atoms. The van der Waals surface area contributed by atoms with Gasteiger partial charge in [-0.05, 0) is 37.3 Å². The van der Waals surface area contributed by atoms with Crippen LogP contribution in [0.1, 0.15) is 17.3 Å². The average Bonchev–Trinajstić information content (AvgIpc) is 2.66. The summed E-state index contributed by atoms with van der Waals surface area (Å²) in [6, 6.07) is 15.8. The fourth-order valence-electron chi connectivity index (χ4n) is 2.21. The van der Waals surface area contributed by atoms with Crippen LogP contribution in [0, 0.1) is 0 Å². The van der Waals surface area contributed by atoms with Crippen LogP contribution in [0.2, 0.25) is 0 Å². The Morgan fingerprint density at radius 1 is 1.04 bits per heavy atom. The van der Waals surface area contributed by atoms with Gasteiger partial charge in [0.25, 0.3) is 5.91 Å². The van der Waals surface area contributed by atoms with E-state index in [0.717, 1.165) is 17.8 Å². The number of nitrogens with one attached hydrogen (secondary N) is 1. The molecule has 0 fully saturated rings. The molecule has 0 aliphatic heterocycles. The zero-order chi connectivity index (χ0) is 18.9. The molecule has 6 heteroatoms. The molecule has 2 aromatic rings. The maximum absolute atomic E-state index is 12.6. The van der Waals surface area contributed by atoms with Gasteiger partial charge in [-0.25, -0.2) is 4.79 Å². The number of benzene rings is 2. The molecule has 0 aliphatic carbocycles. The van der Waals surface area contributed by atoms with E-state index in [4.69, 9.17) is 4.74 Å². The zero-order valence-electron chi connectivity index (χ0n) is 14.6. The van der Waals surface area contributed by atoms with Gasteiger partial charge in [-0.2, -0.15) is 0 Å². The number of carbonyl (C=O) groups excluding carboxylic acids is 3. The molecule has 0 bridgehead atoms. The maximum Gasteiger partial charge on any atom is 0.330 e. The van der Waals surface area contributed by atoms with E-state index in [2.05, 4.69) is 5.32 Å². The van der Waals surface area contributed by atoms with Crippen LogP contribution in [0.4, 0.5) is 11.4 Å². The largest absolute Gasteiger partial charge is 0.463 e. The fraction of sp³-hybridized carbons (Fsp3) is 0.150. The van der Waals surface area contributed by atoms with Crippen molar-refractivity contribution in [3.63, 3.8) is 0 Å². The van der Waals surface area contributed by atoms with Crippen molar-refractivity contribution in [2.24, 2.45) is 0 Å². The summed E-state index contributed by atoms with van der Waals surface area (Å²) in [5.41, 5.74) is 1.66. The van der Waals surface area contributed by atoms with Crippen LogP contribution >= 0.6 is 0 Å². The Kier molecular flexibility index (Phi) is 6.68. The monoisotopic (exact) mass is 352 g/mol. The van der Waals surface area contributed by atoms with Crippen LogP contribution in [0.3, 0.4) is 0 Å². The van der Waals surface area contributed by atoms with Crippen molar-refractivity contribution in [3.8, 4) is 0 Å². The highest BCUT2D eigenvalue weighted by atomic mass is 16.5. The second-order valence-corrected chi connectivity index (χ2v) is 5.36. The van der Waals surface area contributed by atoms with Gasteiger partial charge < -0.3 is 15.0 Å². The van der Waals surface area contributed by atoms with Crippen LogP contribution in [0.25, 0.3) is 0 Å². The molecule has 2 aromatic carbocycles. The molecule has 0 unspecified atom stereocenters. The Morgan fingerprint density at radius 3 is 2.46 bits per heavy atom. The molecule has 0 atom stereocenters. The summed E-state index contributed by atoms with van der Waals surface area (Å²) in [4.78, 5) is 37.2. The SMILES string of the molecule is CCOC(=O)/C=C/C(=O)Nc1cccc(C(=O)N(C)c2ccccc2)c1. The first-order valence-corrected chi connectivity index (χ1v) is 8.10. The second kappa shape index (κ2) is 9.17. The van der Waals surface area contributed by atoms with E-state index in [1.807, 2.05) is 30.3 Å². The molecular weight excluding hydrogens is 332 g/mol. The number of ether oxygens (including phenoxy) is 1. The molecule has 0 aliphatic rings. The molecule has 2 rings (SSSR count). The first kappa shape index (κ1) is 18.9. The third kappa shape index (κ3) is 5.31. The lowest BCUT2D eigenvalue weighted by Crippen LogP contribution is -2.26. The van der Waals surface area contributed by atoms with E-state index in [0.29, 0.717) is 11.3 Å². The van der Waals surface area contributed by atoms with Gasteiger partial charge in [0.15, 0.2) is 0 Å². The molecule has 134 valence electrons. The average molecular weight is 352 g/mol. The fourth-order valence-corrected chi connectivity index (χ4v) is 2.21. The molecule has 2 amide bonds. The van der Waals surface area contributed by atoms with Gasteiger partial charge in [0, 0.05) is 36.1 Å². The van der Waals surface area contributed by atoms with E-state index in [9.17, 15) is 14.4 Å². The number of rotatable bonds is 6. The van der Waals surface area contributed by atoms with Gasteiger partial charge in [-0.1, -0.05) is 24.3 Å². The zero-order valence-corrected chi connectivity index (χ0v) is 14.6. The van der Waals surface area contributed by atoms with Gasteiger partial charge in [-0.15, -0.1) is 0 Å². The number of esters is 1. The number of nitrogens with zero attached hydrogens (tertiary/aromatic N) is 1. The standard InChI is InChI=1S/C20H20N2O4/c1-3-26-19(24)13-12-18(23)21-16-9-7-8-15(14-16)20(25)22(2)17-10-5-4-6-11-17/h4-14H,3H2,1-2H3,(H,21,23)/b13-12+. The lowest BCUT2D eigenvalue weighted by atomic mass is 10.1. The van der Waals surface area contributed by atoms with Crippen molar-refractivity contribution < 1.29 is 19.1 Å². The van der Waals surface area contributed by atoms with Crippen molar-refractivity contribution in [3.05, 3.63) is 72.3 Å². The lowest BCUT2D eigenvalue weighted by molar-refractivity contribution is -0.137. The van der Waals surface area contributed by atoms with Crippen molar-refractivity contribution >= 4 is 29.2 Å². The Balaban J connectivity index is 2.06. The summed E-state index contributed by atoms with van der Waals surface area (Å²) in [6.45, 7) is 1.92. The third-order valence-electron chi connectivity index (χ3n) is 3.48. The minimum Gasteiger partial charge on any atom is -0.463 e. The number of hydrogen-bond acceptors (Lipinski definition) is 4. The maximum atomic E-state index is 12.6. The smallest absolute Gasteiger partial charge is 0.330 e. The molecule has 1 N–H and O–H groups in total. The van der Waals surface area contributed by atoms with E-state index in [1.165, 1.54) is 4.90 Å². The van der Waals surface area contributed by atoms with Crippen molar-refractivity contribution in [1.29, 1.82) is 0 Å². The van der Waals surface area contributed by atoms with Crippen molar-refractivity contribution in [2.75, 3.05) is 23.9 Å².